The highest BCUT2D eigenvalue weighted by atomic mass is 16.5. The normalized spacial score (nSPS) is 15.5. The molecular weight excluding hydrogens is 352 g/mol. The van der Waals surface area contributed by atoms with Gasteiger partial charge < -0.3 is 15.0 Å². The zero-order valence-corrected chi connectivity index (χ0v) is 15.5. The number of para-hydroxylation sites is 2. The Morgan fingerprint density at radius 1 is 0.964 bits per heavy atom. The number of hydrogen-bond acceptors (Lipinski definition) is 3. The first-order chi connectivity index (χ1) is 13.6. The maximum absolute atomic E-state index is 12.6. The molecule has 0 radical (unpaired) electrons. The van der Waals surface area contributed by atoms with Crippen LogP contribution < -0.4 is 15.0 Å². The van der Waals surface area contributed by atoms with E-state index in [2.05, 4.69) is 5.32 Å². The number of amides is 2. The van der Waals surface area contributed by atoms with Gasteiger partial charge >= 0.3 is 0 Å². The molecule has 0 aliphatic carbocycles. The molecule has 0 bridgehead atoms. The predicted octanol–water partition coefficient (Wildman–Crippen LogP) is 3.51. The number of anilines is 1. The first-order valence-corrected chi connectivity index (χ1v) is 9.10. The van der Waals surface area contributed by atoms with Crippen molar-refractivity contribution in [3.05, 3.63) is 84.4 Å². The third-order valence-corrected chi connectivity index (χ3v) is 4.78. The van der Waals surface area contributed by atoms with Crippen LogP contribution in [0.3, 0.4) is 0 Å². The van der Waals surface area contributed by atoms with E-state index in [1.165, 1.54) is 0 Å². The molecule has 2 amide bonds. The monoisotopic (exact) mass is 372 g/mol. The summed E-state index contributed by atoms with van der Waals surface area (Å²) in [5.41, 5.74) is 3.28. The molecule has 0 saturated heterocycles. The number of rotatable bonds is 4. The van der Waals surface area contributed by atoms with E-state index in [0.29, 0.717) is 11.3 Å². The van der Waals surface area contributed by atoms with E-state index in [4.69, 9.17) is 4.74 Å². The van der Waals surface area contributed by atoms with Crippen LogP contribution in [0, 0.1) is 0 Å². The van der Waals surface area contributed by atoms with Crippen LogP contribution in [0.2, 0.25) is 0 Å². The molecule has 1 unspecified atom stereocenters. The molecule has 0 aromatic heterocycles. The molecule has 1 heterocycles. The SMILES string of the molecule is CN1C(=O)C(CNC(=O)c2cccc(-c3ccccc3)c2)Oc2ccccc21. The van der Waals surface area contributed by atoms with E-state index >= 15 is 0 Å². The molecule has 0 spiro atoms. The second-order valence-corrected chi connectivity index (χ2v) is 6.63. The van der Waals surface area contributed by atoms with Gasteiger partial charge in [-0.15, -0.1) is 0 Å². The number of hydrogen-bond donors (Lipinski definition) is 1. The third kappa shape index (κ3) is 3.47. The Hall–Kier alpha value is -3.60. The molecule has 140 valence electrons. The molecule has 0 saturated carbocycles. The van der Waals surface area contributed by atoms with Crippen molar-refractivity contribution in [2.45, 2.75) is 6.10 Å². The molecule has 1 aliphatic heterocycles. The van der Waals surface area contributed by atoms with Gasteiger partial charge in [0, 0.05) is 12.6 Å². The highest BCUT2D eigenvalue weighted by molar-refractivity contribution is 6.00. The van der Waals surface area contributed by atoms with E-state index in [1.54, 1.807) is 18.0 Å². The largest absolute Gasteiger partial charge is 0.477 e. The lowest BCUT2D eigenvalue weighted by molar-refractivity contribution is -0.125. The summed E-state index contributed by atoms with van der Waals surface area (Å²) in [6.45, 7) is 0.103. The quantitative estimate of drug-likeness (QED) is 0.762. The van der Waals surface area contributed by atoms with Crippen LogP contribution in [-0.2, 0) is 4.79 Å². The first kappa shape index (κ1) is 17.8. The minimum Gasteiger partial charge on any atom is -0.477 e. The molecule has 1 atom stereocenters. The molecule has 3 aromatic carbocycles. The number of nitrogens with one attached hydrogen (secondary N) is 1. The highest BCUT2D eigenvalue weighted by Crippen LogP contribution is 2.32. The van der Waals surface area contributed by atoms with Crippen molar-refractivity contribution in [2.24, 2.45) is 0 Å². The standard InChI is InChI=1S/C23H20N2O3/c1-25-19-12-5-6-13-20(19)28-21(23(25)27)15-24-22(26)18-11-7-10-17(14-18)16-8-3-2-4-9-16/h2-14,21H,15H2,1H3,(H,24,26). The van der Waals surface area contributed by atoms with Crippen LogP contribution in [-0.4, -0.2) is 31.5 Å². The number of nitrogens with zero attached hydrogens (tertiary/aromatic N) is 1. The fourth-order valence-corrected chi connectivity index (χ4v) is 3.26. The Morgan fingerprint density at radius 3 is 2.50 bits per heavy atom. The Kier molecular flexibility index (Phi) is 4.81. The maximum atomic E-state index is 12.6. The average molecular weight is 372 g/mol. The van der Waals surface area contributed by atoms with Crippen LogP contribution >= 0.6 is 0 Å². The van der Waals surface area contributed by atoms with Crippen LogP contribution in [0.1, 0.15) is 10.4 Å². The minimum absolute atomic E-state index is 0.103. The summed E-state index contributed by atoms with van der Waals surface area (Å²) in [5.74, 6) is 0.211. The molecule has 3 aromatic rings. The van der Waals surface area contributed by atoms with Gasteiger partial charge in [0.2, 0.25) is 0 Å². The maximum Gasteiger partial charge on any atom is 0.269 e. The highest BCUT2D eigenvalue weighted by Gasteiger charge is 2.32. The Morgan fingerprint density at radius 2 is 1.68 bits per heavy atom. The van der Waals surface area contributed by atoms with Crippen LogP contribution in [0.25, 0.3) is 11.1 Å². The van der Waals surface area contributed by atoms with Gasteiger partial charge in [0.1, 0.15) is 5.75 Å². The molecule has 1 aliphatic rings. The first-order valence-electron chi connectivity index (χ1n) is 9.10. The number of benzene rings is 3. The smallest absolute Gasteiger partial charge is 0.269 e. The third-order valence-electron chi connectivity index (χ3n) is 4.78. The molecule has 0 fully saturated rings. The van der Waals surface area contributed by atoms with Gasteiger partial charge in [-0.2, -0.15) is 0 Å². The van der Waals surface area contributed by atoms with Crippen molar-refractivity contribution in [3.8, 4) is 16.9 Å². The fraction of sp³-hybridized carbons (Fsp3) is 0.130. The topological polar surface area (TPSA) is 58.6 Å². The van der Waals surface area contributed by atoms with E-state index in [9.17, 15) is 9.59 Å². The van der Waals surface area contributed by atoms with Gasteiger partial charge in [-0.1, -0.05) is 54.6 Å². The molecule has 28 heavy (non-hydrogen) atoms. The summed E-state index contributed by atoms with van der Waals surface area (Å²) in [7, 11) is 1.71. The second kappa shape index (κ2) is 7.56. The van der Waals surface area contributed by atoms with Gasteiger partial charge in [0.05, 0.1) is 12.2 Å². The lowest BCUT2D eigenvalue weighted by Gasteiger charge is -2.31. The number of ether oxygens (including phenoxy) is 1. The van der Waals surface area contributed by atoms with E-state index in [-0.39, 0.29) is 18.4 Å². The fourth-order valence-electron chi connectivity index (χ4n) is 3.26. The van der Waals surface area contributed by atoms with Crippen molar-refractivity contribution in [2.75, 3.05) is 18.5 Å². The number of carbonyl (C=O) groups is 2. The molecule has 5 nitrogen and oxygen atoms in total. The molecule has 5 heteroatoms. The minimum atomic E-state index is -0.749. The van der Waals surface area contributed by atoms with Crippen molar-refractivity contribution < 1.29 is 14.3 Å². The summed E-state index contributed by atoms with van der Waals surface area (Å²) in [5, 5.41) is 2.82. The zero-order valence-electron chi connectivity index (χ0n) is 15.5. The number of likely N-dealkylation sites (N-methyl/N-ethyl adjacent to an activating group) is 1. The Bertz CT molecular complexity index is 1020. The van der Waals surface area contributed by atoms with Crippen molar-refractivity contribution in [1.29, 1.82) is 0 Å². The summed E-state index contributed by atoms with van der Waals surface area (Å²) in [6.07, 6.45) is -0.749. The van der Waals surface area contributed by atoms with Crippen LogP contribution in [0.5, 0.6) is 5.75 Å². The van der Waals surface area contributed by atoms with Gasteiger partial charge in [0.15, 0.2) is 6.10 Å². The van der Waals surface area contributed by atoms with Crippen molar-refractivity contribution in [3.63, 3.8) is 0 Å². The van der Waals surface area contributed by atoms with E-state index in [0.717, 1.165) is 16.8 Å². The van der Waals surface area contributed by atoms with Gasteiger partial charge in [-0.05, 0) is 35.4 Å². The van der Waals surface area contributed by atoms with Crippen molar-refractivity contribution >= 4 is 17.5 Å². The van der Waals surface area contributed by atoms with Gasteiger partial charge in [0.25, 0.3) is 11.8 Å². The summed E-state index contributed by atoms with van der Waals surface area (Å²) >= 11 is 0. The van der Waals surface area contributed by atoms with Crippen LogP contribution in [0.15, 0.2) is 78.9 Å². The second-order valence-electron chi connectivity index (χ2n) is 6.63. The summed E-state index contributed by atoms with van der Waals surface area (Å²) in [4.78, 5) is 26.7. The van der Waals surface area contributed by atoms with E-state index < -0.39 is 6.10 Å². The molecular formula is C23H20N2O3. The summed E-state index contributed by atoms with van der Waals surface area (Å²) < 4.78 is 5.79. The lowest BCUT2D eigenvalue weighted by atomic mass is 10.0. The van der Waals surface area contributed by atoms with E-state index in [1.807, 2.05) is 72.8 Å². The number of fused-ring (bicyclic) bond motifs is 1. The number of carbonyl (C=O) groups excluding carboxylic acids is 2. The zero-order chi connectivity index (χ0) is 19.5. The van der Waals surface area contributed by atoms with Gasteiger partial charge in [-0.25, -0.2) is 0 Å². The van der Waals surface area contributed by atoms with Crippen molar-refractivity contribution in [1.82, 2.24) is 5.32 Å². The molecule has 4 rings (SSSR count). The Labute approximate surface area is 163 Å². The van der Waals surface area contributed by atoms with Crippen LogP contribution in [0.4, 0.5) is 5.69 Å². The lowest BCUT2D eigenvalue weighted by Crippen LogP contribution is -2.49. The van der Waals surface area contributed by atoms with Gasteiger partial charge in [-0.3, -0.25) is 9.59 Å². The molecule has 1 N–H and O–H groups in total. The summed E-state index contributed by atoms with van der Waals surface area (Å²) in [6, 6.07) is 24.6. The predicted molar refractivity (Wildman–Crippen MR) is 108 cm³/mol. The average Bonchev–Trinajstić information content (AvgIpc) is 2.76. The Balaban J connectivity index is 1.46.